The third-order valence-corrected chi connectivity index (χ3v) is 8.88. The van der Waals surface area contributed by atoms with Gasteiger partial charge in [0.2, 0.25) is 0 Å². The summed E-state index contributed by atoms with van der Waals surface area (Å²) in [6.45, 7) is 7.13. The van der Waals surface area contributed by atoms with Gasteiger partial charge in [0.05, 0.1) is 19.3 Å². The van der Waals surface area contributed by atoms with Gasteiger partial charge in [-0.3, -0.25) is 4.90 Å². The number of fused-ring (bicyclic) bond motifs is 1. The van der Waals surface area contributed by atoms with E-state index in [9.17, 15) is 14.7 Å². The van der Waals surface area contributed by atoms with Crippen LogP contribution in [0.4, 0.5) is 0 Å². The first-order valence-electron chi connectivity index (χ1n) is 17.5. The Bertz CT molecular complexity index is 1760. The molecule has 5 aromatic carbocycles. The molecule has 0 bridgehead atoms. The Morgan fingerprint density at radius 1 is 0.647 bits per heavy atom. The second kappa shape index (κ2) is 18.7. The van der Waals surface area contributed by atoms with Gasteiger partial charge in [-0.15, -0.1) is 0 Å². The van der Waals surface area contributed by atoms with Crippen LogP contribution in [0.5, 0.6) is 11.5 Å². The van der Waals surface area contributed by atoms with Crippen LogP contribution in [0.3, 0.4) is 0 Å². The molecule has 0 aromatic heterocycles. The molecular weight excluding hydrogens is 642 g/mol. The summed E-state index contributed by atoms with van der Waals surface area (Å²) in [5.41, 5.74) is 4.19. The van der Waals surface area contributed by atoms with Crippen LogP contribution in [0.1, 0.15) is 61.5 Å². The fourth-order valence-electron chi connectivity index (χ4n) is 6.20. The number of nitrogens with zero attached hydrogens (tertiary/aromatic N) is 1. The van der Waals surface area contributed by atoms with Crippen LogP contribution in [0, 0.1) is 0 Å². The first-order chi connectivity index (χ1) is 24.8. The number of ether oxygens (including phenoxy) is 4. The molecular formula is C43H47NO7. The van der Waals surface area contributed by atoms with Crippen LogP contribution < -0.4 is 9.47 Å². The van der Waals surface area contributed by atoms with Gasteiger partial charge in [0, 0.05) is 25.0 Å². The number of benzene rings is 5. The van der Waals surface area contributed by atoms with Crippen LogP contribution in [0.2, 0.25) is 0 Å². The second-order valence-electron chi connectivity index (χ2n) is 12.5. The topological polar surface area (TPSA) is 94.5 Å². The van der Waals surface area contributed by atoms with E-state index in [1.54, 1.807) is 13.8 Å². The number of esters is 2. The zero-order chi connectivity index (χ0) is 36.0. The zero-order valence-corrected chi connectivity index (χ0v) is 29.6. The van der Waals surface area contributed by atoms with E-state index in [1.165, 1.54) is 0 Å². The molecule has 0 radical (unpaired) electrons. The maximum absolute atomic E-state index is 11.9. The lowest BCUT2D eigenvalue weighted by Gasteiger charge is -2.34. The van der Waals surface area contributed by atoms with E-state index >= 15 is 0 Å². The number of rotatable bonds is 18. The predicted octanol–water partition coefficient (Wildman–Crippen LogP) is 7.87. The lowest BCUT2D eigenvalue weighted by atomic mass is 9.85. The van der Waals surface area contributed by atoms with Crippen molar-refractivity contribution in [2.45, 2.75) is 51.8 Å². The standard InChI is InChI=1S/C43H47NO7/c1-4-48-42(46)29-50-38-21-17-34(18-22-38)40(35-19-23-39(24-20-35)51-30-43(47)49-5-2)25-31(3)44(27-32-11-7-6-8-12-32)28-41(45)37-16-15-33-13-9-10-14-36(33)26-37/h6-24,26,31,40-41,45H,4-5,25,27-30H2,1-3H3/t31?,41-/m0/s1. The Morgan fingerprint density at radius 3 is 1.71 bits per heavy atom. The lowest BCUT2D eigenvalue weighted by molar-refractivity contribution is -0.146. The third-order valence-electron chi connectivity index (χ3n) is 8.88. The van der Waals surface area contributed by atoms with E-state index in [0.717, 1.165) is 39.4 Å². The average Bonchev–Trinajstić information content (AvgIpc) is 3.16. The largest absolute Gasteiger partial charge is 0.482 e. The molecule has 0 heterocycles. The SMILES string of the molecule is CCOC(=O)COc1ccc(C(CC(C)N(Cc2ccccc2)C[C@H](O)c2ccc3ccccc3c2)c2ccc(OCC(=O)OCC)cc2)cc1. The van der Waals surface area contributed by atoms with Crippen LogP contribution in [0.15, 0.2) is 121 Å². The summed E-state index contributed by atoms with van der Waals surface area (Å²) in [5.74, 6) is 0.288. The van der Waals surface area contributed by atoms with Crippen LogP contribution in [-0.2, 0) is 25.6 Å². The summed E-state index contributed by atoms with van der Waals surface area (Å²) in [4.78, 5) is 26.1. The van der Waals surface area contributed by atoms with E-state index in [0.29, 0.717) is 37.8 Å². The first kappa shape index (κ1) is 37.1. The van der Waals surface area contributed by atoms with Crippen molar-refractivity contribution >= 4 is 22.7 Å². The number of aliphatic hydroxyl groups excluding tert-OH is 1. The molecule has 51 heavy (non-hydrogen) atoms. The third kappa shape index (κ3) is 10.9. The molecule has 266 valence electrons. The molecule has 1 unspecified atom stereocenters. The van der Waals surface area contributed by atoms with Crippen molar-refractivity contribution in [3.05, 3.63) is 144 Å². The summed E-state index contributed by atoms with van der Waals surface area (Å²) in [5, 5.41) is 13.9. The van der Waals surface area contributed by atoms with Gasteiger partial charge in [-0.1, -0.05) is 91.0 Å². The number of hydrogen-bond donors (Lipinski definition) is 1. The molecule has 0 aliphatic heterocycles. The van der Waals surface area contributed by atoms with Crippen molar-refractivity contribution in [3.63, 3.8) is 0 Å². The van der Waals surface area contributed by atoms with Crippen LogP contribution >= 0.6 is 0 Å². The van der Waals surface area contributed by atoms with E-state index in [4.69, 9.17) is 18.9 Å². The Hall–Kier alpha value is -5.18. The lowest BCUT2D eigenvalue weighted by Crippen LogP contribution is -2.37. The average molecular weight is 690 g/mol. The highest BCUT2D eigenvalue weighted by atomic mass is 16.6. The Labute approximate surface area is 300 Å². The summed E-state index contributed by atoms with van der Waals surface area (Å²) < 4.78 is 21.3. The summed E-state index contributed by atoms with van der Waals surface area (Å²) in [6, 6.07) is 40.3. The molecule has 0 aliphatic carbocycles. The first-order valence-corrected chi connectivity index (χ1v) is 17.5. The van der Waals surface area contributed by atoms with E-state index in [1.807, 2.05) is 84.9 Å². The molecule has 0 spiro atoms. The Kier molecular flexibility index (Phi) is 13.6. The molecule has 0 saturated carbocycles. The molecule has 0 aliphatic rings. The van der Waals surface area contributed by atoms with Crippen molar-refractivity contribution in [1.29, 1.82) is 0 Å². The summed E-state index contributed by atoms with van der Waals surface area (Å²) in [7, 11) is 0. The van der Waals surface area contributed by atoms with Crippen LogP contribution in [0.25, 0.3) is 10.8 Å². The minimum atomic E-state index is -0.689. The molecule has 8 nitrogen and oxygen atoms in total. The normalized spacial score (nSPS) is 12.4. The van der Waals surface area contributed by atoms with Gasteiger partial charge in [-0.25, -0.2) is 9.59 Å². The molecule has 8 heteroatoms. The monoisotopic (exact) mass is 689 g/mol. The maximum atomic E-state index is 11.9. The van der Waals surface area contributed by atoms with Gasteiger partial charge >= 0.3 is 11.9 Å². The van der Waals surface area contributed by atoms with Crippen molar-refractivity contribution < 1.29 is 33.6 Å². The highest BCUT2D eigenvalue weighted by Crippen LogP contribution is 2.34. The van der Waals surface area contributed by atoms with E-state index < -0.39 is 18.0 Å². The van der Waals surface area contributed by atoms with Gasteiger partial charge in [0.15, 0.2) is 13.2 Å². The highest BCUT2D eigenvalue weighted by Gasteiger charge is 2.25. The molecule has 5 rings (SSSR count). The van der Waals surface area contributed by atoms with Crippen molar-refractivity contribution in [2.75, 3.05) is 33.0 Å². The van der Waals surface area contributed by atoms with Crippen molar-refractivity contribution in [2.24, 2.45) is 0 Å². The Balaban J connectivity index is 1.40. The minimum absolute atomic E-state index is 0.0331. The molecule has 2 atom stereocenters. The number of carbonyl (C=O) groups is 2. The maximum Gasteiger partial charge on any atom is 0.344 e. The van der Waals surface area contributed by atoms with Crippen LogP contribution in [-0.4, -0.2) is 61.0 Å². The van der Waals surface area contributed by atoms with Crippen molar-refractivity contribution in [1.82, 2.24) is 4.90 Å². The van der Waals surface area contributed by atoms with Gasteiger partial charge in [0.1, 0.15) is 11.5 Å². The quantitative estimate of drug-likeness (QED) is 0.0930. The fraction of sp³-hybridized carbons (Fsp3) is 0.302. The molecule has 0 amide bonds. The minimum Gasteiger partial charge on any atom is -0.482 e. The predicted molar refractivity (Wildman–Crippen MR) is 199 cm³/mol. The van der Waals surface area contributed by atoms with Gasteiger partial charge in [-0.2, -0.15) is 0 Å². The van der Waals surface area contributed by atoms with Gasteiger partial charge in [-0.05, 0) is 90.6 Å². The fourth-order valence-corrected chi connectivity index (χ4v) is 6.20. The molecule has 0 fully saturated rings. The van der Waals surface area contributed by atoms with Crippen molar-refractivity contribution in [3.8, 4) is 11.5 Å². The smallest absolute Gasteiger partial charge is 0.344 e. The highest BCUT2D eigenvalue weighted by molar-refractivity contribution is 5.83. The number of aliphatic hydroxyl groups is 1. The Morgan fingerprint density at radius 2 is 1.16 bits per heavy atom. The second-order valence-corrected chi connectivity index (χ2v) is 12.5. The van der Waals surface area contributed by atoms with E-state index in [2.05, 4.69) is 48.2 Å². The number of carbonyl (C=O) groups excluding carboxylic acids is 2. The van der Waals surface area contributed by atoms with Gasteiger partial charge in [0.25, 0.3) is 0 Å². The zero-order valence-electron chi connectivity index (χ0n) is 29.6. The molecule has 0 saturated heterocycles. The van der Waals surface area contributed by atoms with E-state index in [-0.39, 0.29) is 25.2 Å². The molecule has 1 N–H and O–H groups in total. The summed E-state index contributed by atoms with van der Waals surface area (Å²) >= 11 is 0. The van der Waals surface area contributed by atoms with Gasteiger partial charge < -0.3 is 24.1 Å². The number of hydrogen-bond acceptors (Lipinski definition) is 8. The summed E-state index contributed by atoms with van der Waals surface area (Å²) in [6.07, 6.45) is 0.0504. The molecule has 5 aromatic rings.